The van der Waals surface area contributed by atoms with Crippen LogP contribution in [-0.4, -0.2) is 44.0 Å². The Hall–Kier alpha value is -3.02. The molecule has 2 aromatic rings. The fraction of sp³-hybridized carbons (Fsp3) is 0.364. The van der Waals surface area contributed by atoms with Gasteiger partial charge >= 0.3 is 0 Å². The highest BCUT2D eigenvalue weighted by Gasteiger charge is 2.14. The summed E-state index contributed by atoms with van der Waals surface area (Å²) in [5.41, 5.74) is 2.93. The standard InChI is InChI=1S/C22H28N2O4/c1-5-17-6-9-19(10-7-17)23-22(26)15-24(16(2)25)13-12-18-8-11-20(27-3)21(14-18)28-4/h6-11,14H,5,12-13,15H2,1-4H3,(H,23,26). The Morgan fingerprint density at radius 3 is 2.18 bits per heavy atom. The molecule has 0 aliphatic rings. The molecule has 0 saturated carbocycles. The molecule has 2 rings (SSSR count). The molecule has 0 saturated heterocycles. The van der Waals surface area contributed by atoms with E-state index in [-0.39, 0.29) is 18.4 Å². The average molecular weight is 384 g/mol. The van der Waals surface area contributed by atoms with E-state index in [9.17, 15) is 9.59 Å². The van der Waals surface area contributed by atoms with Gasteiger partial charge in [0.05, 0.1) is 20.8 Å². The number of nitrogens with one attached hydrogen (secondary N) is 1. The highest BCUT2D eigenvalue weighted by Crippen LogP contribution is 2.27. The predicted molar refractivity (Wildman–Crippen MR) is 110 cm³/mol. The molecule has 0 unspecified atom stereocenters. The molecule has 2 amide bonds. The number of aryl methyl sites for hydroxylation is 1. The van der Waals surface area contributed by atoms with Crippen LogP contribution in [0, 0.1) is 0 Å². The Morgan fingerprint density at radius 2 is 1.61 bits per heavy atom. The van der Waals surface area contributed by atoms with Gasteiger partial charge < -0.3 is 19.7 Å². The van der Waals surface area contributed by atoms with Gasteiger partial charge in [-0.05, 0) is 48.2 Å². The molecule has 0 aliphatic carbocycles. The summed E-state index contributed by atoms with van der Waals surface area (Å²) in [4.78, 5) is 25.8. The van der Waals surface area contributed by atoms with Crippen LogP contribution >= 0.6 is 0 Å². The number of hydrogen-bond donors (Lipinski definition) is 1. The van der Waals surface area contributed by atoms with Crippen LogP contribution in [0.2, 0.25) is 0 Å². The molecule has 0 radical (unpaired) electrons. The minimum absolute atomic E-state index is 0.0121. The highest BCUT2D eigenvalue weighted by molar-refractivity contribution is 5.94. The number of rotatable bonds is 9. The predicted octanol–water partition coefficient (Wildman–Crippen LogP) is 3.30. The second-order valence-electron chi connectivity index (χ2n) is 6.48. The summed E-state index contributed by atoms with van der Waals surface area (Å²) in [5.74, 6) is 0.939. The summed E-state index contributed by atoms with van der Waals surface area (Å²) in [6.07, 6.45) is 1.56. The SMILES string of the molecule is CCc1ccc(NC(=O)CN(CCc2ccc(OC)c(OC)c2)C(C)=O)cc1. The van der Waals surface area contributed by atoms with Crippen LogP contribution < -0.4 is 14.8 Å². The van der Waals surface area contributed by atoms with Crippen molar-refractivity contribution >= 4 is 17.5 Å². The molecule has 6 heteroatoms. The summed E-state index contributed by atoms with van der Waals surface area (Å²) in [6.45, 7) is 4.00. The maximum atomic E-state index is 12.3. The van der Waals surface area contributed by atoms with Gasteiger partial charge in [0.25, 0.3) is 0 Å². The topological polar surface area (TPSA) is 67.9 Å². The molecule has 2 aromatic carbocycles. The van der Waals surface area contributed by atoms with Gasteiger partial charge in [0, 0.05) is 19.2 Å². The first-order chi connectivity index (χ1) is 13.5. The van der Waals surface area contributed by atoms with Crippen LogP contribution in [0.1, 0.15) is 25.0 Å². The summed E-state index contributed by atoms with van der Waals surface area (Å²) < 4.78 is 10.5. The molecular formula is C22H28N2O4. The molecule has 0 heterocycles. The third kappa shape index (κ3) is 6.01. The maximum absolute atomic E-state index is 12.3. The molecule has 28 heavy (non-hydrogen) atoms. The fourth-order valence-corrected chi connectivity index (χ4v) is 2.85. The van der Waals surface area contributed by atoms with Crippen LogP contribution in [0.15, 0.2) is 42.5 Å². The third-order valence-corrected chi connectivity index (χ3v) is 4.54. The Morgan fingerprint density at radius 1 is 0.964 bits per heavy atom. The zero-order valence-corrected chi connectivity index (χ0v) is 17.0. The first-order valence-corrected chi connectivity index (χ1v) is 9.32. The molecular weight excluding hydrogens is 356 g/mol. The number of benzene rings is 2. The number of anilines is 1. The molecule has 0 spiro atoms. The first kappa shape index (κ1) is 21.3. The van der Waals surface area contributed by atoms with E-state index in [2.05, 4.69) is 12.2 Å². The van der Waals surface area contributed by atoms with Gasteiger partial charge in [0.15, 0.2) is 11.5 Å². The van der Waals surface area contributed by atoms with Gasteiger partial charge in [-0.3, -0.25) is 9.59 Å². The molecule has 1 N–H and O–H groups in total. The average Bonchev–Trinajstić information content (AvgIpc) is 2.71. The van der Waals surface area contributed by atoms with Crippen molar-refractivity contribution in [1.29, 1.82) is 0 Å². The third-order valence-electron chi connectivity index (χ3n) is 4.54. The quantitative estimate of drug-likeness (QED) is 0.720. The first-order valence-electron chi connectivity index (χ1n) is 9.32. The lowest BCUT2D eigenvalue weighted by atomic mass is 10.1. The van der Waals surface area contributed by atoms with E-state index in [0.717, 1.165) is 17.7 Å². The van der Waals surface area contributed by atoms with E-state index in [4.69, 9.17) is 9.47 Å². The van der Waals surface area contributed by atoms with Crippen LogP contribution in [0.3, 0.4) is 0 Å². The van der Waals surface area contributed by atoms with Gasteiger partial charge in [-0.2, -0.15) is 0 Å². The molecule has 0 aliphatic heterocycles. The molecule has 0 atom stereocenters. The zero-order valence-electron chi connectivity index (χ0n) is 17.0. The van der Waals surface area contributed by atoms with E-state index < -0.39 is 0 Å². The van der Waals surface area contributed by atoms with Gasteiger partial charge in [0.2, 0.25) is 11.8 Å². The Labute approximate surface area is 166 Å². The van der Waals surface area contributed by atoms with E-state index >= 15 is 0 Å². The highest BCUT2D eigenvalue weighted by atomic mass is 16.5. The number of hydrogen-bond acceptors (Lipinski definition) is 4. The summed E-state index contributed by atoms with van der Waals surface area (Å²) >= 11 is 0. The van der Waals surface area contributed by atoms with Gasteiger partial charge in [-0.25, -0.2) is 0 Å². The second-order valence-corrected chi connectivity index (χ2v) is 6.48. The maximum Gasteiger partial charge on any atom is 0.243 e. The van der Waals surface area contributed by atoms with Crippen LogP contribution in [0.5, 0.6) is 11.5 Å². The minimum Gasteiger partial charge on any atom is -0.493 e. The monoisotopic (exact) mass is 384 g/mol. The second kappa shape index (κ2) is 10.3. The number of carbonyl (C=O) groups excluding carboxylic acids is 2. The lowest BCUT2D eigenvalue weighted by molar-refractivity contribution is -0.132. The number of carbonyl (C=O) groups is 2. The van der Waals surface area contributed by atoms with E-state index in [1.807, 2.05) is 42.5 Å². The minimum atomic E-state index is -0.216. The molecule has 0 aromatic heterocycles. The molecule has 150 valence electrons. The zero-order chi connectivity index (χ0) is 20.5. The van der Waals surface area contributed by atoms with Crippen molar-refractivity contribution in [2.24, 2.45) is 0 Å². The Bertz CT molecular complexity index is 803. The largest absolute Gasteiger partial charge is 0.493 e. The van der Waals surface area contributed by atoms with Crippen molar-refractivity contribution in [3.63, 3.8) is 0 Å². The molecule has 6 nitrogen and oxygen atoms in total. The fourth-order valence-electron chi connectivity index (χ4n) is 2.85. The van der Waals surface area contributed by atoms with Crippen molar-refractivity contribution in [3.05, 3.63) is 53.6 Å². The normalized spacial score (nSPS) is 10.3. The Kier molecular flexibility index (Phi) is 7.87. The van der Waals surface area contributed by atoms with Crippen molar-refractivity contribution < 1.29 is 19.1 Å². The van der Waals surface area contributed by atoms with Crippen molar-refractivity contribution in [3.8, 4) is 11.5 Å². The number of amides is 2. The number of ether oxygens (including phenoxy) is 2. The molecule has 0 fully saturated rings. The summed E-state index contributed by atoms with van der Waals surface area (Å²) in [6, 6.07) is 13.3. The summed E-state index contributed by atoms with van der Waals surface area (Å²) in [5, 5.41) is 2.84. The Balaban J connectivity index is 1.95. The van der Waals surface area contributed by atoms with Crippen molar-refractivity contribution in [2.45, 2.75) is 26.7 Å². The van der Waals surface area contributed by atoms with Crippen LogP contribution in [-0.2, 0) is 22.4 Å². The van der Waals surface area contributed by atoms with Crippen molar-refractivity contribution in [1.82, 2.24) is 4.90 Å². The summed E-state index contributed by atoms with van der Waals surface area (Å²) in [7, 11) is 3.17. The smallest absolute Gasteiger partial charge is 0.243 e. The van der Waals surface area contributed by atoms with Crippen molar-refractivity contribution in [2.75, 3.05) is 32.6 Å². The number of methoxy groups -OCH3 is 2. The number of nitrogens with zero attached hydrogens (tertiary/aromatic N) is 1. The lowest BCUT2D eigenvalue weighted by Crippen LogP contribution is -2.38. The van der Waals surface area contributed by atoms with E-state index in [1.165, 1.54) is 17.4 Å². The van der Waals surface area contributed by atoms with Gasteiger partial charge in [-0.15, -0.1) is 0 Å². The van der Waals surface area contributed by atoms with E-state index in [0.29, 0.717) is 24.5 Å². The van der Waals surface area contributed by atoms with Gasteiger partial charge in [-0.1, -0.05) is 25.1 Å². The lowest BCUT2D eigenvalue weighted by Gasteiger charge is -2.21. The van der Waals surface area contributed by atoms with Crippen LogP contribution in [0.25, 0.3) is 0 Å². The molecule has 0 bridgehead atoms. The van der Waals surface area contributed by atoms with E-state index in [1.54, 1.807) is 14.2 Å². The van der Waals surface area contributed by atoms with Gasteiger partial charge in [0.1, 0.15) is 0 Å². The van der Waals surface area contributed by atoms with Crippen LogP contribution in [0.4, 0.5) is 5.69 Å².